The van der Waals surface area contributed by atoms with Crippen molar-refractivity contribution in [3.63, 3.8) is 0 Å². The van der Waals surface area contributed by atoms with Crippen molar-refractivity contribution in [1.82, 2.24) is 0 Å². The lowest BCUT2D eigenvalue weighted by Gasteiger charge is -2.09. The first-order valence-electron chi connectivity index (χ1n) is 5.33. The van der Waals surface area contributed by atoms with Gasteiger partial charge in [-0.1, -0.05) is 13.8 Å². The third kappa shape index (κ3) is 3.02. The summed E-state index contributed by atoms with van der Waals surface area (Å²) in [5, 5.41) is 0. The molecule has 0 aromatic carbocycles. The van der Waals surface area contributed by atoms with Gasteiger partial charge in [0, 0.05) is 18.8 Å². The molecule has 0 fully saturated rings. The fourth-order valence-corrected chi connectivity index (χ4v) is 1.65. The van der Waals surface area contributed by atoms with E-state index in [1.54, 1.807) is 6.26 Å². The highest BCUT2D eigenvalue weighted by molar-refractivity contribution is 5.81. The molecule has 1 aromatic heterocycles. The summed E-state index contributed by atoms with van der Waals surface area (Å²) in [6, 6.07) is 3.77. The van der Waals surface area contributed by atoms with Crippen LogP contribution >= 0.6 is 0 Å². The van der Waals surface area contributed by atoms with Gasteiger partial charge in [-0.05, 0) is 25.0 Å². The normalized spacial score (nSPS) is 10.8. The van der Waals surface area contributed by atoms with Crippen LogP contribution in [-0.4, -0.2) is 5.78 Å². The summed E-state index contributed by atoms with van der Waals surface area (Å²) in [5.74, 6) is 1.51. The van der Waals surface area contributed by atoms with Crippen molar-refractivity contribution in [3.05, 3.63) is 24.2 Å². The van der Waals surface area contributed by atoms with Gasteiger partial charge in [0.2, 0.25) is 0 Å². The van der Waals surface area contributed by atoms with Crippen molar-refractivity contribution in [3.8, 4) is 0 Å². The summed E-state index contributed by atoms with van der Waals surface area (Å²) < 4.78 is 5.18. The van der Waals surface area contributed by atoms with Gasteiger partial charge in [-0.15, -0.1) is 0 Å². The number of rotatable bonds is 6. The topological polar surface area (TPSA) is 30.2 Å². The molecule has 0 N–H and O–H groups in total. The Morgan fingerprint density at radius 2 is 2.14 bits per heavy atom. The summed E-state index contributed by atoms with van der Waals surface area (Å²) in [7, 11) is 0. The molecule has 0 aliphatic carbocycles. The minimum atomic E-state index is 0.241. The third-order valence-corrected chi connectivity index (χ3v) is 2.64. The van der Waals surface area contributed by atoms with E-state index in [9.17, 15) is 4.79 Å². The van der Waals surface area contributed by atoms with Crippen LogP contribution in [0.1, 0.15) is 38.9 Å². The van der Waals surface area contributed by atoms with Crippen LogP contribution in [0.4, 0.5) is 0 Å². The van der Waals surface area contributed by atoms with Gasteiger partial charge >= 0.3 is 0 Å². The van der Waals surface area contributed by atoms with Crippen LogP contribution in [0.2, 0.25) is 0 Å². The Morgan fingerprint density at radius 3 is 2.64 bits per heavy atom. The second kappa shape index (κ2) is 5.63. The number of ketones is 1. The van der Waals surface area contributed by atoms with E-state index < -0.39 is 0 Å². The molecule has 78 valence electrons. The molecule has 0 saturated carbocycles. The van der Waals surface area contributed by atoms with Gasteiger partial charge in [0.15, 0.2) is 0 Å². The molecule has 0 aliphatic heterocycles. The maximum atomic E-state index is 11.7. The largest absolute Gasteiger partial charge is 0.469 e. The van der Waals surface area contributed by atoms with Crippen molar-refractivity contribution < 1.29 is 9.21 Å². The molecule has 2 nitrogen and oxygen atoms in total. The number of hydrogen-bond donors (Lipinski definition) is 0. The van der Waals surface area contributed by atoms with Crippen LogP contribution < -0.4 is 0 Å². The molecule has 0 unspecified atom stereocenters. The predicted octanol–water partition coefficient (Wildman–Crippen LogP) is 3.22. The molecule has 0 amide bonds. The van der Waals surface area contributed by atoms with Crippen LogP contribution in [0.25, 0.3) is 0 Å². The minimum absolute atomic E-state index is 0.241. The Hall–Kier alpha value is -1.05. The monoisotopic (exact) mass is 194 g/mol. The van der Waals surface area contributed by atoms with E-state index in [2.05, 4.69) is 13.8 Å². The van der Waals surface area contributed by atoms with Crippen LogP contribution in [0.5, 0.6) is 0 Å². The molecule has 14 heavy (non-hydrogen) atoms. The first kappa shape index (κ1) is 11.0. The van der Waals surface area contributed by atoms with Crippen molar-refractivity contribution in [1.29, 1.82) is 0 Å². The number of hydrogen-bond acceptors (Lipinski definition) is 2. The first-order valence-corrected chi connectivity index (χ1v) is 5.33. The number of aryl methyl sites for hydroxylation is 1. The van der Waals surface area contributed by atoms with E-state index in [4.69, 9.17) is 4.42 Å². The first-order chi connectivity index (χ1) is 6.77. The van der Waals surface area contributed by atoms with Crippen molar-refractivity contribution in [2.75, 3.05) is 0 Å². The summed E-state index contributed by atoms with van der Waals surface area (Å²) in [4.78, 5) is 11.7. The Morgan fingerprint density at radius 1 is 1.43 bits per heavy atom. The van der Waals surface area contributed by atoms with Crippen molar-refractivity contribution >= 4 is 5.78 Å². The lowest BCUT2D eigenvalue weighted by Crippen LogP contribution is -2.13. The summed E-state index contributed by atoms with van der Waals surface area (Å²) >= 11 is 0. The van der Waals surface area contributed by atoms with Gasteiger partial charge < -0.3 is 4.42 Å². The molecule has 0 radical (unpaired) electrons. The maximum Gasteiger partial charge on any atom is 0.136 e. The van der Waals surface area contributed by atoms with Gasteiger partial charge in [-0.25, -0.2) is 0 Å². The van der Waals surface area contributed by atoms with Gasteiger partial charge in [0.05, 0.1) is 6.26 Å². The predicted molar refractivity (Wildman–Crippen MR) is 56.1 cm³/mol. The van der Waals surface area contributed by atoms with Gasteiger partial charge in [0.25, 0.3) is 0 Å². The summed E-state index contributed by atoms with van der Waals surface area (Å²) in [6.07, 6.45) is 4.90. The van der Waals surface area contributed by atoms with Gasteiger partial charge in [-0.3, -0.25) is 4.79 Å². The summed E-state index contributed by atoms with van der Waals surface area (Å²) in [5.41, 5.74) is 0. The highest BCUT2D eigenvalue weighted by Gasteiger charge is 2.13. The highest BCUT2D eigenvalue weighted by atomic mass is 16.3. The van der Waals surface area contributed by atoms with E-state index in [1.807, 2.05) is 12.1 Å². The molecule has 0 bridgehead atoms. The summed E-state index contributed by atoms with van der Waals surface area (Å²) in [6.45, 7) is 4.14. The zero-order chi connectivity index (χ0) is 10.4. The number of carbonyl (C=O) groups excluding carboxylic acids is 1. The molecule has 1 heterocycles. The van der Waals surface area contributed by atoms with E-state index in [-0.39, 0.29) is 5.92 Å². The second-order valence-electron chi connectivity index (χ2n) is 3.56. The molecule has 0 saturated heterocycles. The highest BCUT2D eigenvalue weighted by Crippen LogP contribution is 2.13. The lowest BCUT2D eigenvalue weighted by atomic mass is 9.95. The number of carbonyl (C=O) groups is 1. The van der Waals surface area contributed by atoms with Crippen molar-refractivity contribution in [2.45, 2.75) is 39.5 Å². The fraction of sp³-hybridized carbons (Fsp3) is 0.583. The third-order valence-electron chi connectivity index (χ3n) is 2.64. The Labute approximate surface area is 85.3 Å². The van der Waals surface area contributed by atoms with E-state index in [1.165, 1.54) is 0 Å². The van der Waals surface area contributed by atoms with Crippen LogP contribution in [0.15, 0.2) is 22.8 Å². The molecule has 2 heteroatoms. The quantitative estimate of drug-likeness (QED) is 0.696. The molecular weight excluding hydrogens is 176 g/mol. The average molecular weight is 194 g/mol. The number of furan rings is 1. The maximum absolute atomic E-state index is 11.7. The van der Waals surface area contributed by atoms with E-state index >= 15 is 0 Å². The Balaban J connectivity index is 2.34. The Bertz CT molecular complexity index is 258. The smallest absolute Gasteiger partial charge is 0.136 e. The molecule has 1 aromatic rings. The number of Topliss-reactive ketones (excluding diaryl/α,β-unsaturated/α-hetero) is 1. The minimum Gasteiger partial charge on any atom is -0.469 e. The van der Waals surface area contributed by atoms with Crippen LogP contribution in [-0.2, 0) is 11.2 Å². The van der Waals surface area contributed by atoms with E-state index in [0.717, 1.165) is 25.0 Å². The van der Waals surface area contributed by atoms with Gasteiger partial charge in [0.1, 0.15) is 11.5 Å². The molecule has 0 aliphatic rings. The zero-order valence-corrected chi connectivity index (χ0v) is 8.95. The second-order valence-corrected chi connectivity index (χ2v) is 3.56. The Kier molecular flexibility index (Phi) is 4.44. The van der Waals surface area contributed by atoms with Crippen LogP contribution in [0.3, 0.4) is 0 Å². The van der Waals surface area contributed by atoms with E-state index in [0.29, 0.717) is 12.2 Å². The molecule has 1 rings (SSSR count). The van der Waals surface area contributed by atoms with Gasteiger partial charge in [-0.2, -0.15) is 0 Å². The lowest BCUT2D eigenvalue weighted by molar-refractivity contribution is -0.123. The molecule has 0 atom stereocenters. The zero-order valence-electron chi connectivity index (χ0n) is 8.95. The molecule has 0 spiro atoms. The van der Waals surface area contributed by atoms with Crippen molar-refractivity contribution in [2.24, 2.45) is 5.92 Å². The average Bonchev–Trinajstić information content (AvgIpc) is 2.69. The SMILES string of the molecule is CCC(CC)C(=O)CCc1ccco1. The fourth-order valence-electron chi connectivity index (χ4n) is 1.65. The van der Waals surface area contributed by atoms with Crippen LogP contribution in [0, 0.1) is 5.92 Å². The molecular formula is C12H18O2. The standard InChI is InChI=1S/C12H18O2/c1-3-10(4-2)12(13)8-7-11-6-5-9-14-11/h5-6,9-10H,3-4,7-8H2,1-2H3.